The van der Waals surface area contributed by atoms with E-state index in [4.69, 9.17) is 5.11 Å². The van der Waals surface area contributed by atoms with Crippen molar-refractivity contribution >= 4 is 17.5 Å². The average Bonchev–Trinajstić information content (AvgIpc) is 2.09. The molecule has 1 aliphatic carbocycles. The van der Waals surface area contributed by atoms with Gasteiger partial charge in [-0.25, -0.2) is 0 Å². The summed E-state index contributed by atoms with van der Waals surface area (Å²) in [6.07, 6.45) is 1.63. The van der Waals surface area contributed by atoms with E-state index in [-0.39, 0.29) is 24.2 Å². The van der Waals surface area contributed by atoms with Gasteiger partial charge in [0, 0.05) is 12.5 Å². The van der Waals surface area contributed by atoms with Gasteiger partial charge >= 0.3 is 5.97 Å². The van der Waals surface area contributed by atoms with Crippen LogP contribution in [0.5, 0.6) is 0 Å². The second-order valence-electron chi connectivity index (χ2n) is 2.82. The molecule has 0 heterocycles. The molecule has 0 unspecified atom stereocenters. The number of carbonyl (C=O) groups excluding carboxylic acids is 2. The first-order chi connectivity index (χ1) is 6.50. The number of allylic oxidation sites excluding steroid dienone is 3. The summed E-state index contributed by atoms with van der Waals surface area (Å²) >= 11 is 0. The number of hydrogen-bond acceptors (Lipinski definition) is 4. The standard InChI is InChI=1S/C9H8O5/c10-6-4-8(12)7(11)3-5(6)1-2-9(13)14/h3-4,10H,1-2H2,(H,13,14). The van der Waals surface area contributed by atoms with Crippen LogP contribution < -0.4 is 0 Å². The summed E-state index contributed by atoms with van der Waals surface area (Å²) in [6.45, 7) is 0. The lowest BCUT2D eigenvalue weighted by Crippen LogP contribution is -2.15. The Morgan fingerprint density at radius 1 is 1.21 bits per heavy atom. The van der Waals surface area contributed by atoms with Crippen LogP contribution in [-0.2, 0) is 14.4 Å². The minimum Gasteiger partial charge on any atom is -0.508 e. The monoisotopic (exact) mass is 196 g/mol. The number of rotatable bonds is 3. The molecule has 14 heavy (non-hydrogen) atoms. The Hall–Kier alpha value is -1.91. The molecule has 0 bridgehead atoms. The summed E-state index contributed by atoms with van der Waals surface area (Å²) in [5, 5.41) is 17.6. The van der Waals surface area contributed by atoms with Crippen molar-refractivity contribution in [1.29, 1.82) is 0 Å². The maximum Gasteiger partial charge on any atom is 0.303 e. The minimum atomic E-state index is -1.02. The van der Waals surface area contributed by atoms with E-state index >= 15 is 0 Å². The molecule has 5 nitrogen and oxygen atoms in total. The number of aliphatic hydroxyl groups is 1. The molecule has 0 saturated carbocycles. The van der Waals surface area contributed by atoms with Gasteiger partial charge < -0.3 is 10.2 Å². The largest absolute Gasteiger partial charge is 0.508 e. The Kier molecular flexibility index (Phi) is 2.81. The smallest absolute Gasteiger partial charge is 0.303 e. The summed E-state index contributed by atoms with van der Waals surface area (Å²) in [5.41, 5.74) is 0.192. The molecular weight excluding hydrogens is 188 g/mol. The molecule has 0 fully saturated rings. The molecule has 0 saturated heterocycles. The minimum absolute atomic E-state index is 0.0384. The van der Waals surface area contributed by atoms with Gasteiger partial charge in [-0.3, -0.25) is 14.4 Å². The molecule has 0 radical (unpaired) electrons. The lowest BCUT2D eigenvalue weighted by atomic mass is 9.99. The molecule has 74 valence electrons. The van der Waals surface area contributed by atoms with Crippen LogP contribution >= 0.6 is 0 Å². The first-order valence-electron chi connectivity index (χ1n) is 3.92. The molecule has 0 spiro atoms. The maximum absolute atomic E-state index is 10.9. The van der Waals surface area contributed by atoms with Gasteiger partial charge in [-0.1, -0.05) is 0 Å². The van der Waals surface area contributed by atoms with Crippen LogP contribution in [-0.4, -0.2) is 27.7 Å². The third-order valence-electron chi connectivity index (χ3n) is 1.75. The van der Waals surface area contributed by atoms with Crippen molar-refractivity contribution in [2.75, 3.05) is 0 Å². The van der Waals surface area contributed by atoms with Crippen molar-refractivity contribution in [3.05, 3.63) is 23.5 Å². The number of ketones is 2. The Labute approximate surface area is 79.3 Å². The fraction of sp³-hybridized carbons (Fsp3) is 0.222. The molecule has 1 rings (SSSR count). The van der Waals surface area contributed by atoms with Gasteiger partial charge in [0.25, 0.3) is 0 Å². The normalized spacial score (nSPS) is 16.3. The first kappa shape index (κ1) is 10.2. The van der Waals surface area contributed by atoms with Crippen molar-refractivity contribution < 1.29 is 24.6 Å². The van der Waals surface area contributed by atoms with Crippen LogP contribution in [0.3, 0.4) is 0 Å². The number of carboxylic acids is 1. The summed E-state index contributed by atoms with van der Waals surface area (Å²) < 4.78 is 0. The van der Waals surface area contributed by atoms with Crippen molar-refractivity contribution in [1.82, 2.24) is 0 Å². The molecule has 2 N–H and O–H groups in total. The summed E-state index contributed by atoms with van der Waals surface area (Å²) in [4.78, 5) is 31.8. The molecular formula is C9H8O5. The van der Waals surface area contributed by atoms with E-state index in [9.17, 15) is 19.5 Å². The second-order valence-corrected chi connectivity index (χ2v) is 2.82. The predicted molar refractivity (Wildman–Crippen MR) is 45.7 cm³/mol. The molecule has 0 aromatic carbocycles. The maximum atomic E-state index is 10.9. The zero-order valence-corrected chi connectivity index (χ0v) is 7.19. The first-order valence-corrected chi connectivity index (χ1v) is 3.92. The Bertz CT molecular complexity index is 361. The van der Waals surface area contributed by atoms with E-state index in [0.29, 0.717) is 0 Å². The van der Waals surface area contributed by atoms with E-state index in [2.05, 4.69) is 0 Å². The Morgan fingerprint density at radius 3 is 2.36 bits per heavy atom. The van der Waals surface area contributed by atoms with Crippen LogP contribution in [0.4, 0.5) is 0 Å². The van der Waals surface area contributed by atoms with Crippen LogP contribution in [0.25, 0.3) is 0 Å². The van der Waals surface area contributed by atoms with E-state index in [0.717, 1.165) is 12.2 Å². The lowest BCUT2D eigenvalue weighted by molar-refractivity contribution is -0.137. The van der Waals surface area contributed by atoms with E-state index < -0.39 is 17.5 Å². The fourth-order valence-corrected chi connectivity index (χ4v) is 1.03. The number of carboxylic acid groups (broad SMARTS) is 1. The number of carbonyl (C=O) groups is 3. The average molecular weight is 196 g/mol. The van der Waals surface area contributed by atoms with Crippen molar-refractivity contribution in [2.24, 2.45) is 0 Å². The highest BCUT2D eigenvalue weighted by Crippen LogP contribution is 2.17. The molecule has 5 heteroatoms. The molecule has 0 amide bonds. The third-order valence-corrected chi connectivity index (χ3v) is 1.75. The van der Waals surface area contributed by atoms with Crippen LogP contribution in [0.15, 0.2) is 23.5 Å². The van der Waals surface area contributed by atoms with E-state index in [1.54, 1.807) is 0 Å². The van der Waals surface area contributed by atoms with E-state index in [1.807, 2.05) is 0 Å². The second kappa shape index (κ2) is 3.87. The van der Waals surface area contributed by atoms with Crippen LogP contribution in [0, 0.1) is 0 Å². The lowest BCUT2D eigenvalue weighted by Gasteiger charge is -2.08. The van der Waals surface area contributed by atoms with Gasteiger partial charge in [0.15, 0.2) is 0 Å². The van der Waals surface area contributed by atoms with Gasteiger partial charge in [0.1, 0.15) is 5.76 Å². The van der Waals surface area contributed by atoms with Gasteiger partial charge in [0.2, 0.25) is 11.6 Å². The molecule has 0 aromatic rings. The highest BCUT2D eigenvalue weighted by atomic mass is 16.4. The number of aliphatic hydroxyl groups excluding tert-OH is 1. The number of aliphatic carboxylic acids is 1. The Morgan fingerprint density at radius 2 is 1.79 bits per heavy atom. The van der Waals surface area contributed by atoms with Crippen molar-refractivity contribution in [3.63, 3.8) is 0 Å². The van der Waals surface area contributed by atoms with Crippen molar-refractivity contribution in [3.8, 4) is 0 Å². The van der Waals surface area contributed by atoms with Crippen LogP contribution in [0.2, 0.25) is 0 Å². The fourth-order valence-electron chi connectivity index (χ4n) is 1.03. The van der Waals surface area contributed by atoms with Gasteiger partial charge in [-0.05, 0) is 18.1 Å². The summed E-state index contributed by atoms with van der Waals surface area (Å²) in [6, 6.07) is 0. The van der Waals surface area contributed by atoms with Gasteiger partial charge in [-0.15, -0.1) is 0 Å². The van der Waals surface area contributed by atoms with E-state index in [1.165, 1.54) is 0 Å². The predicted octanol–water partition coefficient (Wildman–Crippen LogP) is 0.371. The highest BCUT2D eigenvalue weighted by molar-refractivity contribution is 6.46. The summed E-state index contributed by atoms with van der Waals surface area (Å²) in [7, 11) is 0. The SMILES string of the molecule is O=C(O)CCC1=CC(=O)C(=O)C=C1O. The molecule has 1 aliphatic rings. The quantitative estimate of drug-likeness (QED) is 0.502. The van der Waals surface area contributed by atoms with Gasteiger partial charge in [-0.2, -0.15) is 0 Å². The zero-order chi connectivity index (χ0) is 10.7. The van der Waals surface area contributed by atoms with Crippen LogP contribution in [0.1, 0.15) is 12.8 Å². The zero-order valence-electron chi connectivity index (χ0n) is 7.19. The molecule has 0 aromatic heterocycles. The third kappa shape index (κ3) is 2.29. The summed E-state index contributed by atoms with van der Waals surface area (Å²) in [5.74, 6) is -2.87. The van der Waals surface area contributed by atoms with Crippen molar-refractivity contribution in [2.45, 2.75) is 12.8 Å². The number of hydrogen-bond donors (Lipinski definition) is 2. The molecule has 0 aliphatic heterocycles. The topological polar surface area (TPSA) is 91.7 Å². The highest BCUT2D eigenvalue weighted by Gasteiger charge is 2.19. The van der Waals surface area contributed by atoms with Gasteiger partial charge in [0.05, 0.1) is 0 Å². The molecule has 0 atom stereocenters. The Balaban J connectivity index is 2.74.